The Balaban J connectivity index is 1.52. The van der Waals surface area contributed by atoms with Gasteiger partial charge in [0, 0.05) is 18.3 Å². The van der Waals surface area contributed by atoms with Gasteiger partial charge in [-0.3, -0.25) is 0 Å². The van der Waals surface area contributed by atoms with Gasteiger partial charge in [0.25, 0.3) is 0 Å². The van der Waals surface area contributed by atoms with Crippen molar-refractivity contribution in [3.8, 4) is 21.7 Å². The van der Waals surface area contributed by atoms with Crippen LogP contribution in [0, 0.1) is 6.92 Å². The summed E-state index contributed by atoms with van der Waals surface area (Å²) in [6.45, 7) is 5.24. The molecule has 0 saturated heterocycles. The minimum atomic E-state index is 0.903. The van der Waals surface area contributed by atoms with Crippen LogP contribution in [0.25, 0.3) is 21.7 Å². The Labute approximate surface area is 189 Å². The molecule has 0 fully saturated rings. The first-order valence-corrected chi connectivity index (χ1v) is 11.9. The second kappa shape index (κ2) is 10.4. The maximum absolute atomic E-state index is 5.00. The third-order valence-corrected chi connectivity index (χ3v) is 6.40. The van der Waals surface area contributed by atoms with Gasteiger partial charge in [-0.1, -0.05) is 61.0 Å². The van der Waals surface area contributed by atoms with Gasteiger partial charge < -0.3 is 5.32 Å². The van der Waals surface area contributed by atoms with Crippen LogP contribution in [0.3, 0.4) is 0 Å². The van der Waals surface area contributed by atoms with Crippen LogP contribution < -0.4 is 5.32 Å². The van der Waals surface area contributed by atoms with E-state index in [2.05, 4.69) is 90.9 Å². The van der Waals surface area contributed by atoms with Crippen molar-refractivity contribution in [2.75, 3.05) is 11.9 Å². The van der Waals surface area contributed by atoms with Crippen LogP contribution in [-0.2, 0) is 12.8 Å². The zero-order chi connectivity index (χ0) is 21.5. The van der Waals surface area contributed by atoms with E-state index in [9.17, 15) is 0 Å². The number of pyridine rings is 1. The van der Waals surface area contributed by atoms with E-state index in [4.69, 9.17) is 4.98 Å². The van der Waals surface area contributed by atoms with E-state index in [1.54, 1.807) is 11.3 Å². The lowest BCUT2D eigenvalue weighted by molar-refractivity contribution is 0.859. The minimum absolute atomic E-state index is 0.903. The van der Waals surface area contributed by atoms with Crippen LogP contribution >= 0.6 is 11.3 Å². The fourth-order valence-corrected chi connectivity index (χ4v) is 4.87. The van der Waals surface area contributed by atoms with Crippen molar-refractivity contribution < 1.29 is 0 Å². The molecule has 0 aliphatic carbocycles. The number of hydrogen-bond acceptors (Lipinski definition) is 4. The summed E-state index contributed by atoms with van der Waals surface area (Å²) in [6, 6.07) is 23.5. The summed E-state index contributed by atoms with van der Waals surface area (Å²) in [5.41, 5.74) is 6.07. The van der Waals surface area contributed by atoms with Crippen LogP contribution in [0.1, 0.15) is 35.9 Å². The monoisotopic (exact) mass is 427 g/mol. The molecule has 1 N–H and O–H groups in total. The van der Waals surface area contributed by atoms with Crippen molar-refractivity contribution >= 4 is 17.2 Å². The second-order valence-corrected chi connectivity index (χ2v) is 8.93. The van der Waals surface area contributed by atoms with Gasteiger partial charge in [0.15, 0.2) is 0 Å². The average molecular weight is 428 g/mol. The molecule has 2 aromatic carbocycles. The highest BCUT2D eigenvalue weighted by atomic mass is 32.1. The van der Waals surface area contributed by atoms with Crippen LogP contribution in [0.5, 0.6) is 0 Å². The fraction of sp³-hybridized carbons (Fsp3) is 0.259. The predicted octanol–water partition coefficient (Wildman–Crippen LogP) is 7.18. The largest absolute Gasteiger partial charge is 0.370 e. The highest BCUT2D eigenvalue weighted by molar-refractivity contribution is 7.15. The molecule has 0 bridgehead atoms. The van der Waals surface area contributed by atoms with Crippen molar-refractivity contribution in [2.24, 2.45) is 0 Å². The SMILES string of the molecule is CCCc1nc(-c2cccc(C)c2)c(-c2ccnc(NCCCc3ccccc3)c2)s1. The molecule has 0 saturated carbocycles. The molecule has 31 heavy (non-hydrogen) atoms. The lowest BCUT2D eigenvalue weighted by Gasteiger charge is -2.08. The third kappa shape index (κ3) is 5.59. The summed E-state index contributed by atoms with van der Waals surface area (Å²) >= 11 is 1.81. The third-order valence-electron chi connectivity index (χ3n) is 5.24. The molecule has 0 atom stereocenters. The summed E-state index contributed by atoms with van der Waals surface area (Å²) < 4.78 is 0. The number of thiazole rings is 1. The molecule has 0 amide bonds. The predicted molar refractivity (Wildman–Crippen MR) is 133 cm³/mol. The first-order chi connectivity index (χ1) is 15.2. The number of nitrogens with one attached hydrogen (secondary N) is 1. The van der Waals surface area contributed by atoms with Crippen LogP contribution in [0.2, 0.25) is 0 Å². The topological polar surface area (TPSA) is 37.8 Å². The highest BCUT2D eigenvalue weighted by Crippen LogP contribution is 2.38. The molecule has 3 nitrogen and oxygen atoms in total. The second-order valence-electron chi connectivity index (χ2n) is 7.85. The maximum Gasteiger partial charge on any atom is 0.126 e. The molecule has 0 aliphatic rings. The van der Waals surface area contributed by atoms with Gasteiger partial charge in [-0.25, -0.2) is 9.97 Å². The lowest BCUT2D eigenvalue weighted by Crippen LogP contribution is -2.04. The molecular formula is C27H29N3S. The summed E-state index contributed by atoms with van der Waals surface area (Å²) in [6.07, 6.45) is 6.16. The number of aryl methyl sites for hydroxylation is 3. The van der Waals surface area contributed by atoms with Crippen molar-refractivity contribution in [3.05, 3.63) is 89.1 Å². The van der Waals surface area contributed by atoms with E-state index in [0.717, 1.165) is 43.7 Å². The van der Waals surface area contributed by atoms with Crippen molar-refractivity contribution in [1.29, 1.82) is 0 Å². The zero-order valence-electron chi connectivity index (χ0n) is 18.3. The molecule has 4 heteroatoms. The molecule has 0 unspecified atom stereocenters. The van der Waals surface area contributed by atoms with E-state index in [1.165, 1.54) is 32.1 Å². The number of benzene rings is 2. The van der Waals surface area contributed by atoms with E-state index in [-0.39, 0.29) is 0 Å². The molecule has 4 rings (SSSR count). The molecule has 158 valence electrons. The van der Waals surface area contributed by atoms with E-state index in [1.807, 2.05) is 6.20 Å². The molecule has 4 aromatic rings. The number of aromatic nitrogens is 2. The van der Waals surface area contributed by atoms with Gasteiger partial charge >= 0.3 is 0 Å². The molecular weight excluding hydrogens is 398 g/mol. The Morgan fingerprint density at radius 3 is 2.58 bits per heavy atom. The maximum atomic E-state index is 5.00. The Hall–Kier alpha value is -2.98. The van der Waals surface area contributed by atoms with Gasteiger partial charge in [0.1, 0.15) is 5.82 Å². The molecule has 2 heterocycles. The molecule has 0 aliphatic heterocycles. The first kappa shape index (κ1) is 21.3. The quantitative estimate of drug-likeness (QED) is 0.288. The summed E-state index contributed by atoms with van der Waals surface area (Å²) in [5.74, 6) is 0.922. The Bertz CT molecular complexity index is 1120. The normalized spacial score (nSPS) is 10.9. The Morgan fingerprint density at radius 1 is 0.903 bits per heavy atom. The van der Waals surface area contributed by atoms with E-state index < -0.39 is 0 Å². The smallest absolute Gasteiger partial charge is 0.126 e. The summed E-state index contributed by atoms with van der Waals surface area (Å²) in [4.78, 5) is 10.8. The van der Waals surface area contributed by atoms with Crippen molar-refractivity contribution in [3.63, 3.8) is 0 Å². The fourth-order valence-electron chi connectivity index (χ4n) is 3.69. The molecule has 0 radical (unpaired) electrons. The molecule has 2 aromatic heterocycles. The van der Waals surface area contributed by atoms with Gasteiger partial charge in [0.05, 0.1) is 15.6 Å². The highest BCUT2D eigenvalue weighted by Gasteiger charge is 2.15. The zero-order valence-corrected chi connectivity index (χ0v) is 19.1. The van der Waals surface area contributed by atoms with E-state index >= 15 is 0 Å². The number of nitrogens with zero attached hydrogens (tertiary/aromatic N) is 2. The number of hydrogen-bond donors (Lipinski definition) is 1. The Kier molecular flexibility index (Phi) is 7.11. The standard InChI is InChI=1S/C27H29N3S/c1-3-9-25-30-26(22-14-7-10-20(2)18-22)27(31-25)23-15-17-29-24(19-23)28-16-8-13-21-11-5-4-6-12-21/h4-7,10-12,14-15,17-19H,3,8-9,13,16H2,1-2H3,(H,28,29). The van der Waals surface area contributed by atoms with Gasteiger partial charge in [-0.2, -0.15) is 0 Å². The van der Waals surface area contributed by atoms with Gasteiger partial charge in [-0.15, -0.1) is 11.3 Å². The summed E-state index contributed by atoms with van der Waals surface area (Å²) in [5, 5.41) is 4.70. The van der Waals surface area contributed by atoms with Crippen LogP contribution in [-0.4, -0.2) is 16.5 Å². The van der Waals surface area contributed by atoms with Crippen molar-refractivity contribution in [1.82, 2.24) is 9.97 Å². The van der Waals surface area contributed by atoms with Crippen LogP contribution in [0.15, 0.2) is 72.9 Å². The minimum Gasteiger partial charge on any atom is -0.370 e. The van der Waals surface area contributed by atoms with Crippen LogP contribution in [0.4, 0.5) is 5.82 Å². The number of anilines is 1. The summed E-state index contributed by atoms with van der Waals surface area (Å²) in [7, 11) is 0. The van der Waals surface area contributed by atoms with Gasteiger partial charge in [0.2, 0.25) is 0 Å². The number of rotatable bonds is 9. The molecule has 0 spiro atoms. The lowest BCUT2D eigenvalue weighted by atomic mass is 10.1. The van der Waals surface area contributed by atoms with Crippen molar-refractivity contribution in [2.45, 2.75) is 39.5 Å². The van der Waals surface area contributed by atoms with E-state index in [0.29, 0.717) is 0 Å². The first-order valence-electron chi connectivity index (χ1n) is 11.0. The average Bonchev–Trinajstić information content (AvgIpc) is 3.22. The Morgan fingerprint density at radius 2 is 1.77 bits per heavy atom. The van der Waals surface area contributed by atoms with Gasteiger partial charge in [-0.05, 0) is 61.9 Å².